The molecular weight excluding hydrogens is 342 g/mol. The van der Waals surface area contributed by atoms with Crippen molar-refractivity contribution in [3.8, 4) is 5.75 Å². The van der Waals surface area contributed by atoms with Gasteiger partial charge in [-0.05, 0) is 42.0 Å². The molecule has 27 heavy (non-hydrogen) atoms. The van der Waals surface area contributed by atoms with Gasteiger partial charge in [-0.25, -0.2) is 0 Å². The molecule has 1 aliphatic heterocycles. The van der Waals surface area contributed by atoms with E-state index in [4.69, 9.17) is 4.74 Å². The predicted molar refractivity (Wildman–Crippen MR) is 102 cm³/mol. The van der Waals surface area contributed by atoms with Crippen LogP contribution in [0.3, 0.4) is 0 Å². The number of rotatable bonds is 4. The zero-order valence-electron chi connectivity index (χ0n) is 14.4. The molecule has 134 valence electrons. The smallest absolute Gasteiger partial charge is 0.265 e. The molecule has 0 aliphatic carbocycles. The molecule has 1 aromatic heterocycles. The normalized spacial score (nSPS) is 14.7. The number of benzene rings is 2. The number of nitrogens with zero attached hydrogens (tertiary/aromatic N) is 1. The zero-order chi connectivity index (χ0) is 18.6. The number of nitrogens with one attached hydrogen (secondary N) is 2. The molecule has 2 aromatic carbocycles. The molecule has 0 bridgehead atoms. The van der Waals surface area contributed by atoms with Crippen molar-refractivity contribution >= 4 is 23.2 Å². The molecule has 2 N–H and O–H groups in total. The topological polar surface area (TPSA) is 80.3 Å². The molecule has 0 saturated carbocycles. The number of ether oxygens (including phenoxy) is 1. The van der Waals surface area contributed by atoms with Crippen LogP contribution in [0.5, 0.6) is 5.75 Å². The molecular formula is C21H17N3O3. The molecule has 6 heteroatoms. The number of hydrogen-bond acceptors (Lipinski definition) is 4. The van der Waals surface area contributed by atoms with E-state index in [1.54, 1.807) is 48.8 Å². The Labute approximate surface area is 156 Å². The van der Waals surface area contributed by atoms with E-state index in [0.717, 1.165) is 11.3 Å². The number of aromatic nitrogens is 1. The fourth-order valence-electron chi connectivity index (χ4n) is 2.93. The molecule has 0 fully saturated rings. The Morgan fingerprint density at radius 3 is 2.56 bits per heavy atom. The molecule has 4 rings (SSSR count). The monoisotopic (exact) mass is 359 g/mol. The lowest BCUT2D eigenvalue weighted by Crippen LogP contribution is -2.31. The Morgan fingerprint density at radius 1 is 0.926 bits per heavy atom. The van der Waals surface area contributed by atoms with Crippen LogP contribution in [0.1, 0.15) is 15.9 Å². The van der Waals surface area contributed by atoms with Crippen LogP contribution in [0.2, 0.25) is 0 Å². The average molecular weight is 359 g/mol. The van der Waals surface area contributed by atoms with Crippen LogP contribution in [-0.2, 0) is 11.2 Å². The zero-order valence-corrected chi connectivity index (χ0v) is 14.4. The van der Waals surface area contributed by atoms with Gasteiger partial charge in [0.1, 0.15) is 5.75 Å². The van der Waals surface area contributed by atoms with Gasteiger partial charge in [-0.2, -0.15) is 0 Å². The summed E-state index contributed by atoms with van der Waals surface area (Å²) >= 11 is 0. The van der Waals surface area contributed by atoms with E-state index in [0.29, 0.717) is 23.4 Å². The fraction of sp³-hybridized carbons (Fsp3) is 0.0952. The molecule has 0 spiro atoms. The van der Waals surface area contributed by atoms with Crippen molar-refractivity contribution in [2.24, 2.45) is 0 Å². The van der Waals surface area contributed by atoms with Crippen molar-refractivity contribution < 1.29 is 14.3 Å². The van der Waals surface area contributed by atoms with Crippen molar-refractivity contribution in [3.63, 3.8) is 0 Å². The minimum atomic E-state index is -0.572. The van der Waals surface area contributed by atoms with Crippen LogP contribution >= 0.6 is 0 Å². The van der Waals surface area contributed by atoms with E-state index < -0.39 is 6.10 Å². The molecule has 6 nitrogen and oxygen atoms in total. The Morgan fingerprint density at radius 2 is 1.74 bits per heavy atom. The standard InChI is InChI=1S/C21H17N3O3/c25-20(23-16-8-10-22-11-9-16)15-5-3-6-17(12-15)24-21(26)19-13-14-4-1-2-7-18(14)27-19/h1-12,19H,13H2,(H,24,26)(H,22,23,25)/t19-/m1/s1. The molecule has 2 amide bonds. The number of fused-ring (bicyclic) bond motifs is 1. The summed E-state index contributed by atoms with van der Waals surface area (Å²) in [7, 11) is 0. The summed E-state index contributed by atoms with van der Waals surface area (Å²) in [5, 5.41) is 5.61. The summed E-state index contributed by atoms with van der Waals surface area (Å²) in [5.41, 5.74) is 2.66. The minimum Gasteiger partial charge on any atom is -0.480 e. The highest BCUT2D eigenvalue weighted by molar-refractivity contribution is 6.05. The third-order valence-corrected chi connectivity index (χ3v) is 4.27. The number of amides is 2. The Balaban J connectivity index is 1.42. The molecule has 0 unspecified atom stereocenters. The van der Waals surface area contributed by atoms with Gasteiger partial charge in [-0.3, -0.25) is 14.6 Å². The van der Waals surface area contributed by atoms with Gasteiger partial charge in [0.15, 0.2) is 6.10 Å². The van der Waals surface area contributed by atoms with E-state index >= 15 is 0 Å². The summed E-state index contributed by atoms with van der Waals surface area (Å²) in [6, 6.07) is 17.8. The lowest BCUT2D eigenvalue weighted by atomic mass is 10.1. The molecule has 1 atom stereocenters. The maximum Gasteiger partial charge on any atom is 0.265 e. The molecule has 1 aliphatic rings. The van der Waals surface area contributed by atoms with Gasteiger partial charge < -0.3 is 15.4 Å². The van der Waals surface area contributed by atoms with Crippen LogP contribution in [0, 0.1) is 0 Å². The Hall–Kier alpha value is -3.67. The van der Waals surface area contributed by atoms with Crippen LogP contribution < -0.4 is 15.4 Å². The first-order valence-corrected chi connectivity index (χ1v) is 8.56. The Kier molecular flexibility index (Phi) is 4.53. The van der Waals surface area contributed by atoms with Crippen molar-refractivity contribution in [1.82, 2.24) is 4.98 Å². The second-order valence-corrected chi connectivity index (χ2v) is 6.18. The van der Waals surface area contributed by atoms with Gasteiger partial charge in [0.2, 0.25) is 0 Å². The van der Waals surface area contributed by atoms with Crippen LogP contribution in [-0.4, -0.2) is 22.9 Å². The maximum atomic E-state index is 12.5. The van der Waals surface area contributed by atoms with Crippen molar-refractivity contribution in [2.45, 2.75) is 12.5 Å². The minimum absolute atomic E-state index is 0.238. The predicted octanol–water partition coefficient (Wildman–Crippen LogP) is 3.28. The summed E-state index contributed by atoms with van der Waals surface area (Å²) < 4.78 is 5.70. The van der Waals surface area contributed by atoms with Gasteiger partial charge >= 0.3 is 0 Å². The quantitative estimate of drug-likeness (QED) is 0.749. The van der Waals surface area contributed by atoms with Crippen LogP contribution in [0.4, 0.5) is 11.4 Å². The van der Waals surface area contributed by atoms with E-state index in [9.17, 15) is 9.59 Å². The third kappa shape index (κ3) is 3.79. The second-order valence-electron chi connectivity index (χ2n) is 6.18. The molecule has 3 aromatic rings. The summed E-state index contributed by atoms with van der Waals surface area (Å²) in [6.45, 7) is 0. The van der Waals surface area contributed by atoms with E-state index in [2.05, 4.69) is 15.6 Å². The lowest BCUT2D eigenvalue weighted by Gasteiger charge is -2.12. The van der Waals surface area contributed by atoms with Gasteiger partial charge in [-0.15, -0.1) is 0 Å². The van der Waals surface area contributed by atoms with Crippen LogP contribution in [0.25, 0.3) is 0 Å². The van der Waals surface area contributed by atoms with Gasteiger partial charge in [0, 0.05) is 35.8 Å². The SMILES string of the molecule is O=C(Nc1ccncc1)c1cccc(NC(=O)[C@H]2Cc3ccccc3O2)c1. The highest BCUT2D eigenvalue weighted by atomic mass is 16.5. The number of para-hydroxylation sites is 1. The lowest BCUT2D eigenvalue weighted by molar-refractivity contribution is -0.122. The average Bonchev–Trinajstić information content (AvgIpc) is 3.13. The molecule has 2 heterocycles. The molecule has 0 radical (unpaired) electrons. The number of hydrogen-bond donors (Lipinski definition) is 2. The van der Waals surface area contributed by atoms with Crippen molar-refractivity contribution in [3.05, 3.63) is 84.2 Å². The van der Waals surface area contributed by atoms with Gasteiger partial charge in [0.05, 0.1) is 0 Å². The molecule has 0 saturated heterocycles. The Bertz CT molecular complexity index is 964. The highest BCUT2D eigenvalue weighted by Gasteiger charge is 2.28. The van der Waals surface area contributed by atoms with E-state index in [1.807, 2.05) is 24.3 Å². The summed E-state index contributed by atoms with van der Waals surface area (Å²) in [4.78, 5) is 28.8. The van der Waals surface area contributed by atoms with E-state index in [-0.39, 0.29) is 11.8 Å². The van der Waals surface area contributed by atoms with Gasteiger partial charge in [-0.1, -0.05) is 24.3 Å². The summed E-state index contributed by atoms with van der Waals surface area (Å²) in [5.74, 6) is 0.239. The first-order valence-electron chi connectivity index (χ1n) is 8.56. The number of carbonyl (C=O) groups is 2. The van der Waals surface area contributed by atoms with Gasteiger partial charge in [0.25, 0.3) is 11.8 Å². The highest BCUT2D eigenvalue weighted by Crippen LogP contribution is 2.28. The second kappa shape index (κ2) is 7.29. The first kappa shape index (κ1) is 16.8. The number of pyridine rings is 1. The first-order chi connectivity index (χ1) is 13.2. The number of carbonyl (C=O) groups excluding carboxylic acids is 2. The van der Waals surface area contributed by atoms with Crippen molar-refractivity contribution in [1.29, 1.82) is 0 Å². The number of anilines is 2. The summed E-state index contributed by atoms with van der Waals surface area (Å²) in [6.07, 6.45) is 3.17. The fourth-order valence-corrected chi connectivity index (χ4v) is 2.93. The maximum absolute atomic E-state index is 12.5. The van der Waals surface area contributed by atoms with E-state index in [1.165, 1.54) is 0 Å². The van der Waals surface area contributed by atoms with Crippen LogP contribution in [0.15, 0.2) is 73.1 Å². The largest absolute Gasteiger partial charge is 0.480 e. The van der Waals surface area contributed by atoms with Crippen molar-refractivity contribution in [2.75, 3.05) is 10.6 Å². The third-order valence-electron chi connectivity index (χ3n) is 4.27.